The number of rotatable bonds is 6. The standard InChI is InChI=1S/C32H24F4N2O5/c1-40-26-13-11-21(32(34,35)36)15-25(26)38-24(16-29(39)41-2)22-4-3-5-23(33)30(22)37-31(38)19-8-6-18(7-9-19)20-10-12-27-28(14-20)43-17-42-27/h3-15,24H,16-17H2,1-2H3. The maximum atomic E-state index is 15.2. The van der Waals surface area contributed by atoms with Crippen LogP contribution in [0.1, 0.15) is 29.2 Å². The molecule has 43 heavy (non-hydrogen) atoms. The summed E-state index contributed by atoms with van der Waals surface area (Å²) in [7, 11) is 2.53. The van der Waals surface area contributed by atoms with Crippen LogP contribution in [0, 0.1) is 5.82 Å². The van der Waals surface area contributed by atoms with Crippen LogP contribution in [0.25, 0.3) is 11.1 Å². The number of hydrogen-bond acceptors (Lipinski definition) is 7. The second-order valence-electron chi connectivity index (χ2n) is 9.81. The van der Waals surface area contributed by atoms with E-state index in [1.807, 2.05) is 24.3 Å². The average Bonchev–Trinajstić information content (AvgIpc) is 3.48. The first-order valence-electron chi connectivity index (χ1n) is 13.2. The number of aliphatic imine (C=N–C) groups is 1. The summed E-state index contributed by atoms with van der Waals surface area (Å²) >= 11 is 0. The monoisotopic (exact) mass is 592 g/mol. The quantitative estimate of drug-likeness (QED) is 0.171. The Morgan fingerprint density at radius 3 is 2.37 bits per heavy atom. The molecule has 0 bridgehead atoms. The van der Waals surface area contributed by atoms with Gasteiger partial charge in [-0.3, -0.25) is 4.79 Å². The molecule has 4 aromatic rings. The molecule has 0 saturated heterocycles. The highest BCUT2D eigenvalue weighted by molar-refractivity contribution is 6.14. The number of methoxy groups -OCH3 is 2. The highest BCUT2D eigenvalue weighted by Crippen LogP contribution is 2.47. The number of benzene rings is 4. The first-order chi connectivity index (χ1) is 20.7. The third-order valence-corrected chi connectivity index (χ3v) is 7.34. The van der Waals surface area contributed by atoms with Crippen LogP contribution in [0.3, 0.4) is 0 Å². The van der Waals surface area contributed by atoms with E-state index in [4.69, 9.17) is 18.9 Å². The zero-order chi connectivity index (χ0) is 30.3. The van der Waals surface area contributed by atoms with Gasteiger partial charge >= 0.3 is 12.1 Å². The lowest BCUT2D eigenvalue weighted by Gasteiger charge is -2.39. The minimum Gasteiger partial charge on any atom is -0.495 e. The largest absolute Gasteiger partial charge is 0.495 e. The molecular weight excluding hydrogens is 568 g/mol. The fourth-order valence-corrected chi connectivity index (χ4v) is 5.24. The molecule has 6 rings (SSSR count). The van der Waals surface area contributed by atoms with E-state index in [0.717, 1.165) is 23.3 Å². The number of alkyl halides is 3. The van der Waals surface area contributed by atoms with E-state index in [1.165, 1.54) is 37.3 Å². The summed E-state index contributed by atoms with van der Waals surface area (Å²) in [6, 6.07) is 18.9. The number of amidine groups is 1. The molecule has 2 aliphatic heterocycles. The molecule has 4 aromatic carbocycles. The van der Waals surface area contributed by atoms with Crippen molar-refractivity contribution in [2.24, 2.45) is 4.99 Å². The van der Waals surface area contributed by atoms with Crippen molar-refractivity contribution in [2.45, 2.75) is 18.6 Å². The van der Waals surface area contributed by atoms with Gasteiger partial charge in [0.25, 0.3) is 0 Å². The van der Waals surface area contributed by atoms with Crippen molar-refractivity contribution in [1.29, 1.82) is 0 Å². The number of para-hydroxylation sites is 1. The molecule has 0 spiro atoms. The number of carbonyl (C=O) groups excluding carboxylic acids is 1. The van der Waals surface area contributed by atoms with Crippen LogP contribution < -0.4 is 19.1 Å². The van der Waals surface area contributed by atoms with Gasteiger partial charge in [-0.05, 0) is 47.5 Å². The lowest BCUT2D eigenvalue weighted by molar-refractivity contribution is -0.141. The zero-order valence-electron chi connectivity index (χ0n) is 22.9. The first kappa shape index (κ1) is 28.1. The van der Waals surface area contributed by atoms with Gasteiger partial charge in [-0.25, -0.2) is 9.38 Å². The van der Waals surface area contributed by atoms with Gasteiger partial charge in [-0.1, -0.05) is 42.5 Å². The van der Waals surface area contributed by atoms with Crippen LogP contribution in [0.15, 0.2) is 83.9 Å². The van der Waals surface area contributed by atoms with Crippen molar-refractivity contribution in [3.8, 4) is 28.4 Å². The number of anilines is 1. The Balaban J connectivity index is 1.53. The smallest absolute Gasteiger partial charge is 0.416 e. The van der Waals surface area contributed by atoms with Crippen molar-refractivity contribution in [3.63, 3.8) is 0 Å². The third-order valence-electron chi connectivity index (χ3n) is 7.34. The Bertz CT molecular complexity index is 1740. The van der Waals surface area contributed by atoms with Crippen LogP contribution in [-0.2, 0) is 15.7 Å². The lowest BCUT2D eigenvalue weighted by Crippen LogP contribution is -2.39. The fraction of sp³-hybridized carbons (Fsp3) is 0.188. The third kappa shape index (κ3) is 5.22. The molecule has 0 saturated carbocycles. The second kappa shape index (κ2) is 11.0. The van der Waals surface area contributed by atoms with Crippen molar-refractivity contribution in [2.75, 3.05) is 25.9 Å². The van der Waals surface area contributed by atoms with Gasteiger partial charge in [-0.15, -0.1) is 0 Å². The molecule has 220 valence electrons. The molecule has 0 amide bonds. The van der Waals surface area contributed by atoms with Crippen LogP contribution in [-0.4, -0.2) is 32.8 Å². The van der Waals surface area contributed by atoms with Crippen LogP contribution in [0.4, 0.5) is 28.9 Å². The van der Waals surface area contributed by atoms with E-state index in [0.29, 0.717) is 22.6 Å². The molecule has 1 unspecified atom stereocenters. The number of hydrogen-bond donors (Lipinski definition) is 0. The molecule has 2 aliphatic rings. The molecule has 0 aliphatic carbocycles. The number of ether oxygens (including phenoxy) is 4. The molecule has 2 heterocycles. The number of esters is 1. The summed E-state index contributed by atoms with van der Waals surface area (Å²) in [6.07, 6.45) is -4.97. The van der Waals surface area contributed by atoms with Gasteiger partial charge < -0.3 is 23.8 Å². The number of halogens is 4. The second-order valence-corrected chi connectivity index (χ2v) is 9.81. The van der Waals surface area contributed by atoms with Crippen LogP contribution in [0.2, 0.25) is 0 Å². The van der Waals surface area contributed by atoms with Gasteiger partial charge in [0.15, 0.2) is 11.5 Å². The summed E-state index contributed by atoms with van der Waals surface area (Å²) in [5.41, 5.74) is 1.49. The Kier molecular flexibility index (Phi) is 7.17. The van der Waals surface area contributed by atoms with Crippen LogP contribution >= 0.6 is 0 Å². The van der Waals surface area contributed by atoms with Gasteiger partial charge in [-0.2, -0.15) is 13.2 Å². The Morgan fingerprint density at radius 2 is 1.65 bits per heavy atom. The van der Waals surface area contributed by atoms with E-state index in [-0.39, 0.29) is 36.2 Å². The fourth-order valence-electron chi connectivity index (χ4n) is 5.24. The van der Waals surface area contributed by atoms with E-state index >= 15 is 4.39 Å². The van der Waals surface area contributed by atoms with Gasteiger partial charge in [0.1, 0.15) is 23.1 Å². The predicted octanol–water partition coefficient (Wildman–Crippen LogP) is 7.45. The first-order valence-corrected chi connectivity index (χ1v) is 13.2. The normalized spacial score (nSPS) is 15.5. The van der Waals surface area contributed by atoms with Gasteiger partial charge in [0, 0.05) is 11.1 Å². The number of carbonyl (C=O) groups is 1. The molecule has 0 aromatic heterocycles. The van der Waals surface area contributed by atoms with Gasteiger partial charge in [0.2, 0.25) is 6.79 Å². The topological polar surface area (TPSA) is 69.6 Å². The number of fused-ring (bicyclic) bond motifs is 2. The van der Waals surface area contributed by atoms with Crippen molar-refractivity contribution in [1.82, 2.24) is 0 Å². The van der Waals surface area contributed by atoms with Crippen molar-refractivity contribution >= 4 is 23.2 Å². The predicted molar refractivity (Wildman–Crippen MR) is 150 cm³/mol. The Labute approximate surface area is 243 Å². The maximum absolute atomic E-state index is 15.2. The Hall–Kier alpha value is -5.06. The molecule has 0 N–H and O–H groups in total. The maximum Gasteiger partial charge on any atom is 0.416 e. The molecular formula is C32H24F4N2O5. The molecule has 0 radical (unpaired) electrons. The SMILES string of the molecule is COC(=O)CC1c2cccc(F)c2N=C(c2ccc(-c3ccc4c(c3)OCO4)cc2)N1c1cc(C(F)(F)F)ccc1OC. The molecule has 7 nitrogen and oxygen atoms in total. The summed E-state index contributed by atoms with van der Waals surface area (Å²) < 4.78 is 78.2. The van der Waals surface area contributed by atoms with E-state index < -0.39 is 29.6 Å². The van der Waals surface area contributed by atoms with E-state index in [1.54, 1.807) is 24.3 Å². The lowest BCUT2D eigenvalue weighted by atomic mass is 9.94. The zero-order valence-corrected chi connectivity index (χ0v) is 22.9. The minimum absolute atomic E-state index is 0.000244. The minimum atomic E-state index is -4.66. The van der Waals surface area contributed by atoms with E-state index in [2.05, 4.69) is 4.99 Å². The highest BCUT2D eigenvalue weighted by atomic mass is 19.4. The van der Waals surface area contributed by atoms with Gasteiger partial charge in [0.05, 0.1) is 37.9 Å². The summed E-state index contributed by atoms with van der Waals surface area (Å²) in [6.45, 7) is 0.136. The molecule has 0 fully saturated rings. The van der Waals surface area contributed by atoms with Crippen molar-refractivity contribution in [3.05, 3.63) is 101 Å². The Morgan fingerprint density at radius 1 is 0.930 bits per heavy atom. The van der Waals surface area contributed by atoms with E-state index in [9.17, 15) is 18.0 Å². The highest BCUT2D eigenvalue weighted by Gasteiger charge is 2.38. The molecule has 11 heteroatoms. The molecule has 1 atom stereocenters. The average molecular weight is 593 g/mol. The summed E-state index contributed by atoms with van der Waals surface area (Å²) in [5.74, 6) is 0.195. The summed E-state index contributed by atoms with van der Waals surface area (Å²) in [5, 5.41) is 0. The summed E-state index contributed by atoms with van der Waals surface area (Å²) in [4.78, 5) is 18.7. The van der Waals surface area contributed by atoms with Crippen molar-refractivity contribution < 1.29 is 41.3 Å². The number of nitrogens with zero attached hydrogens (tertiary/aromatic N) is 2. The van der Waals surface area contributed by atoms with Crippen LogP contribution in [0.5, 0.6) is 17.2 Å².